The van der Waals surface area contributed by atoms with Gasteiger partial charge in [-0.1, -0.05) is 42.5 Å². The third-order valence-electron chi connectivity index (χ3n) is 4.96. The van der Waals surface area contributed by atoms with Gasteiger partial charge in [0.15, 0.2) is 0 Å². The van der Waals surface area contributed by atoms with E-state index in [1.54, 1.807) is 31.5 Å². The highest BCUT2D eigenvalue weighted by atomic mass is 32.2. The average molecular weight is 398 g/mol. The van der Waals surface area contributed by atoms with Crippen molar-refractivity contribution in [2.45, 2.75) is 24.1 Å². The van der Waals surface area contributed by atoms with Crippen LogP contribution >= 0.6 is 0 Å². The molecule has 0 radical (unpaired) electrons. The molecule has 0 amide bonds. The molecule has 0 spiro atoms. The second-order valence-electron chi connectivity index (χ2n) is 6.77. The van der Waals surface area contributed by atoms with Crippen LogP contribution in [0.2, 0.25) is 0 Å². The average Bonchev–Trinajstić information content (AvgIpc) is 2.70. The molecular weight excluding hydrogens is 376 g/mol. The van der Waals surface area contributed by atoms with Gasteiger partial charge in [-0.15, -0.1) is 0 Å². The highest BCUT2D eigenvalue weighted by molar-refractivity contribution is 7.89. The summed E-state index contributed by atoms with van der Waals surface area (Å²) in [6.45, 7) is 1.23. The van der Waals surface area contributed by atoms with Crippen molar-refractivity contribution in [3.8, 4) is 0 Å². The molecule has 3 aromatic rings. The van der Waals surface area contributed by atoms with E-state index in [9.17, 15) is 8.42 Å². The SMILES string of the molecule is COCC1COCc2ccccc2CN1S(=O)(=O)c1cccc2cccnc12. The Hall–Kier alpha value is -2.32. The third-order valence-corrected chi connectivity index (χ3v) is 6.89. The summed E-state index contributed by atoms with van der Waals surface area (Å²) < 4.78 is 40.1. The van der Waals surface area contributed by atoms with Crippen LogP contribution in [0.5, 0.6) is 0 Å². The lowest BCUT2D eigenvalue weighted by molar-refractivity contribution is 0.0318. The smallest absolute Gasteiger partial charge is 0.245 e. The van der Waals surface area contributed by atoms with Gasteiger partial charge in [-0.25, -0.2) is 8.42 Å². The molecule has 2 heterocycles. The Kier molecular flexibility index (Phi) is 5.41. The number of ether oxygens (including phenoxy) is 2. The summed E-state index contributed by atoms with van der Waals surface area (Å²) in [7, 11) is -2.26. The number of para-hydroxylation sites is 1. The maximum Gasteiger partial charge on any atom is 0.245 e. The minimum absolute atomic E-state index is 0.199. The molecule has 0 aliphatic carbocycles. The van der Waals surface area contributed by atoms with Crippen LogP contribution in [0.3, 0.4) is 0 Å². The quantitative estimate of drug-likeness (QED) is 0.676. The summed E-state index contributed by atoms with van der Waals surface area (Å²) in [5.74, 6) is 0. The number of fused-ring (bicyclic) bond motifs is 2. The molecule has 0 bridgehead atoms. The van der Waals surface area contributed by atoms with Crippen LogP contribution in [0.1, 0.15) is 11.1 Å². The molecule has 0 fully saturated rings. The van der Waals surface area contributed by atoms with Gasteiger partial charge in [0.05, 0.1) is 31.4 Å². The van der Waals surface area contributed by atoms with Crippen LogP contribution < -0.4 is 0 Å². The Morgan fingerprint density at radius 3 is 2.71 bits per heavy atom. The molecule has 1 aromatic heterocycles. The van der Waals surface area contributed by atoms with Gasteiger partial charge in [-0.2, -0.15) is 4.31 Å². The lowest BCUT2D eigenvalue weighted by Crippen LogP contribution is -2.46. The van der Waals surface area contributed by atoms with E-state index in [0.29, 0.717) is 12.1 Å². The Morgan fingerprint density at radius 2 is 1.89 bits per heavy atom. The highest BCUT2D eigenvalue weighted by Crippen LogP contribution is 2.29. The normalized spacial score (nSPS) is 18.4. The zero-order chi connectivity index (χ0) is 19.6. The summed E-state index contributed by atoms with van der Waals surface area (Å²) in [6.07, 6.45) is 1.61. The van der Waals surface area contributed by atoms with Gasteiger partial charge in [0.1, 0.15) is 4.90 Å². The van der Waals surface area contributed by atoms with E-state index < -0.39 is 16.1 Å². The van der Waals surface area contributed by atoms with Crippen LogP contribution in [-0.2, 0) is 32.6 Å². The number of aromatic nitrogens is 1. The lowest BCUT2D eigenvalue weighted by Gasteiger charge is -2.33. The summed E-state index contributed by atoms with van der Waals surface area (Å²) in [5, 5.41) is 0.788. The number of pyridine rings is 1. The largest absolute Gasteiger partial charge is 0.383 e. The van der Waals surface area contributed by atoms with Gasteiger partial charge in [0.25, 0.3) is 0 Å². The second-order valence-corrected chi connectivity index (χ2v) is 8.63. The first kappa shape index (κ1) is 19.0. The number of sulfonamides is 1. The Labute approximate surface area is 164 Å². The van der Waals surface area contributed by atoms with E-state index in [1.165, 1.54) is 4.31 Å². The molecule has 1 atom stereocenters. The number of benzene rings is 2. The second kappa shape index (κ2) is 7.97. The van der Waals surface area contributed by atoms with Crippen molar-refractivity contribution in [3.05, 3.63) is 71.9 Å². The topological polar surface area (TPSA) is 68.7 Å². The first-order chi connectivity index (χ1) is 13.6. The van der Waals surface area contributed by atoms with Crippen molar-refractivity contribution in [1.82, 2.24) is 9.29 Å². The summed E-state index contributed by atoms with van der Waals surface area (Å²) >= 11 is 0. The molecule has 1 aliphatic heterocycles. The molecule has 6 nitrogen and oxygen atoms in total. The molecule has 7 heteroatoms. The number of hydrogen-bond acceptors (Lipinski definition) is 5. The van der Waals surface area contributed by atoms with Gasteiger partial charge in [0, 0.05) is 25.2 Å². The zero-order valence-corrected chi connectivity index (χ0v) is 16.4. The van der Waals surface area contributed by atoms with Gasteiger partial charge < -0.3 is 9.47 Å². The lowest BCUT2D eigenvalue weighted by atomic mass is 10.1. The number of rotatable bonds is 4. The maximum absolute atomic E-state index is 13.7. The minimum atomic E-state index is -3.83. The fourth-order valence-corrected chi connectivity index (χ4v) is 5.29. The van der Waals surface area contributed by atoms with Crippen molar-refractivity contribution >= 4 is 20.9 Å². The van der Waals surface area contributed by atoms with Crippen molar-refractivity contribution in [2.75, 3.05) is 20.3 Å². The molecule has 1 aliphatic rings. The molecule has 1 unspecified atom stereocenters. The van der Waals surface area contributed by atoms with E-state index in [2.05, 4.69) is 4.98 Å². The number of methoxy groups -OCH3 is 1. The van der Waals surface area contributed by atoms with E-state index in [1.807, 2.05) is 36.4 Å². The van der Waals surface area contributed by atoms with E-state index in [-0.39, 0.29) is 24.7 Å². The summed E-state index contributed by atoms with van der Waals surface area (Å²) in [4.78, 5) is 4.53. The predicted molar refractivity (Wildman–Crippen MR) is 106 cm³/mol. The summed E-state index contributed by atoms with van der Waals surface area (Å²) in [5.41, 5.74) is 2.40. The third kappa shape index (κ3) is 3.54. The first-order valence-electron chi connectivity index (χ1n) is 9.10. The molecule has 0 saturated heterocycles. The van der Waals surface area contributed by atoms with Gasteiger partial charge in [-0.3, -0.25) is 4.98 Å². The first-order valence-corrected chi connectivity index (χ1v) is 10.5. The number of hydrogen-bond donors (Lipinski definition) is 0. The van der Waals surface area contributed by atoms with Gasteiger partial charge in [0.2, 0.25) is 10.0 Å². The van der Waals surface area contributed by atoms with Crippen LogP contribution in [0.4, 0.5) is 0 Å². The van der Waals surface area contributed by atoms with Crippen molar-refractivity contribution < 1.29 is 17.9 Å². The molecule has 4 rings (SSSR count). The fourth-order valence-electron chi connectivity index (χ4n) is 3.55. The van der Waals surface area contributed by atoms with Crippen LogP contribution in [0.25, 0.3) is 10.9 Å². The zero-order valence-electron chi connectivity index (χ0n) is 15.6. The molecule has 2 aromatic carbocycles. The monoisotopic (exact) mass is 398 g/mol. The minimum Gasteiger partial charge on any atom is -0.383 e. The molecule has 0 N–H and O–H groups in total. The molecule has 146 valence electrons. The van der Waals surface area contributed by atoms with Crippen LogP contribution in [0.15, 0.2) is 65.7 Å². The Bertz CT molecular complexity index is 1080. The fraction of sp³-hybridized carbons (Fsp3) is 0.286. The molecular formula is C21H22N2O4S. The van der Waals surface area contributed by atoms with Crippen LogP contribution in [0, 0.1) is 0 Å². The predicted octanol–water partition coefficient (Wildman–Crippen LogP) is 2.97. The van der Waals surface area contributed by atoms with Crippen LogP contribution in [-0.4, -0.2) is 44.1 Å². The van der Waals surface area contributed by atoms with Crippen molar-refractivity contribution in [3.63, 3.8) is 0 Å². The standard InChI is InChI=1S/C21H22N2O4S/c1-26-14-19-15-27-13-18-7-3-2-6-17(18)12-23(19)28(24,25)20-10-4-8-16-9-5-11-22-21(16)20/h2-11,19H,12-15H2,1H3. The molecule has 28 heavy (non-hydrogen) atoms. The maximum atomic E-state index is 13.7. The number of nitrogens with zero attached hydrogens (tertiary/aromatic N) is 2. The van der Waals surface area contributed by atoms with E-state index >= 15 is 0 Å². The Balaban J connectivity index is 1.84. The summed E-state index contributed by atoms with van der Waals surface area (Å²) in [6, 6.07) is 16.2. The van der Waals surface area contributed by atoms with Gasteiger partial charge in [-0.05, 0) is 23.3 Å². The van der Waals surface area contributed by atoms with E-state index in [0.717, 1.165) is 16.5 Å². The highest BCUT2D eigenvalue weighted by Gasteiger charge is 2.34. The molecule has 0 saturated carbocycles. The Morgan fingerprint density at radius 1 is 1.11 bits per heavy atom. The van der Waals surface area contributed by atoms with E-state index in [4.69, 9.17) is 9.47 Å². The van der Waals surface area contributed by atoms with Gasteiger partial charge >= 0.3 is 0 Å². The van der Waals surface area contributed by atoms with Crippen molar-refractivity contribution in [2.24, 2.45) is 0 Å². The van der Waals surface area contributed by atoms with Crippen molar-refractivity contribution in [1.29, 1.82) is 0 Å².